The van der Waals surface area contributed by atoms with Gasteiger partial charge in [-0.3, -0.25) is 4.79 Å². The van der Waals surface area contributed by atoms with Crippen molar-refractivity contribution >= 4 is 40.4 Å². The van der Waals surface area contributed by atoms with Crippen LogP contribution in [-0.4, -0.2) is 17.4 Å². The molecule has 0 saturated heterocycles. The van der Waals surface area contributed by atoms with Crippen molar-refractivity contribution in [2.45, 2.75) is 13.0 Å². The summed E-state index contributed by atoms with van der Waals surface area (Å²) in [5.74, 6) is -0.0515. The van der Waals surface area contributed by atoms with E-state index in [-0.39, 0.29) is 5.91 Å². The van der Waals surface area contributed by atoms with Crippen LogP contribution in [0.15, 0.2) is 29.6 Å². The number of rotatable bonds is 1. The van der Waals surface area contributed by atoms with Gasteiger partial charge in [0.05, 0.1) is 15.6 Å². The van der Waals surface area contributed by atoms with Gasteiger partial charge >= 0.3 is 0 Å². The standard InChI is InChI=1S/C14H11Cl2NOS/c15-11-3-1-2-10(13(11)16)14(18)17-6-4-12-9(8-17)5-7-19-12/h1-3,5,7H,4,6,8H2. The van der Waals surface area contributed by atoms with Crippen LogP contribution in [0, 0.1) is 0 Å². The number of hydrogen-bond donors (Lipinski definition) is 0. The summed E-state index contributed by atoms with van der Waals surface area (Å²) in [6, 6.07) is 7.24. The van der Waals surface area contributed by atoms with Crippen molar-refractivity contribution in [3.05, 3.63) is 55.7 Å². The van der Waals surface area contributed by atoms with Crippen molar-refractivity contribution in [2.75, 3.05) is 6.54 Å². The molecule has 2 heterocycles. The quantitative estimate of drug-likeness (QED) is 0.771. The van der Waals surface area contributed by atoms with Crippen LogP contribution < -0.4 is 0 Å². The molecule has 0 fully saturated rings. The molecule has 1 aromatic heterocycles. The molecule has 1 amide bonds. The van der Waals surface area contributed by atoms with E-state index < -0.39 is 0 Å². The minimum absolute atomic E-state index is 0.0515. The van der Waals surface area contributed by atoms with Crippen molar-refractivity contribution < 1.29 is 4.79 Å². The van der Waals surface area contributed by atoms with Gasteiger partial charge in [0.1, 0.15) is 0 Å². The number of nitrogens with zero attached hydrogens (tertiary/aromatic N) is 1. The van der Waals surface area contributed by atoms with Crippen LogP contribution in [0.25, 0.3) is 0 Å². The maximum Gasteiger partial charge on any atom is 0.255 e. The van der Waals surface area contributed by atoms with E-state index in [2.05, 4.69) is 11.4 Å². The Bertz CT molecular complexity index is 638. The summed E-state index contributed by atoms with van der Waals surface area (Å²) in [6.07, 6.45) is 0.914. The predicted octanol–water partition coefficient (Wildman–Crippen LogP) is 4.25. The molecule has 0 bridgehead atoms. The van der Waals surface area contributed by atoms with Crippen LogP contribution in [-0.2, 0) is 13.0 Å². The Labute approximate surface area is 125 Å². The summed E-state index contributed by atoms with van der Waals surface area (Å²) in [5.41, 5.74) is 1.72. The number of halogens is 2. The number of carbonyl (C=O) groups excluding carboxylic acids is 1. The van der Waals surface area contributed by atoms with E-state index in [0.29, 0.717) is 22.2 Å². The monoisotopic (exact) mass is 311 g/mol. The Morgan fingerprint density at radius 3 is 2.95 bits per heavy atom. The Hall–Kier alpha value is -1.03. The first kappa shape index (κ1) is 13.0. The van der Waals surface area contributed by atoms with Gasteiger partial charge in [-0.05, 0) is 35.6 Å². The lowest BCUT2D eigenvalue weighted by Crippen LogP contribution is -2.35. The van der Waals surface area contributed by atoms with Crippen LogP contribution in [0.5, 0.6) is 0 Å². The van der Waals surface area contributed by atoms with Gasteiger partial charge in [-0.2, -0.15) is 0 Å². The molecule has 0 spiro atoms. The molecular weight excluding hydrogens is 301 g/mol. The van der Waals surface area contributed by atoms with Gasteiger partial charge in [-0.1, -0.05) is 29.3 Å². The zero-order valence-electron chi connectivity index (χ0n) is 10.0. The summed E-state index contributed by atoms with van der Waals surface area (Å²) < 4.78 is 0. The lowest BCUT2D eigenvalue weighted by Gasteiger charge is -2.27. The van der Waals surface area contributed by atoms with Crippen LogP contribution in [0.4, 0.5) is 0 Å². The van der Waals surface area contributed by atoms with Crippen molar-refractivity contribution in [2.24, 2.45) is 0 Å². The summed E-state index contributed by atoms with van der Waals surface area (Å²) in [7, 11) is 0. The average Bonchev–Trinajstić information content (AvgIpc) is 2.88. The normalized spacial score (nSPS) is 14.3. The molecule has 1 aliphatic rings. The Balaban J connectivity index is 1.88. The molecule has 0 radical (unpaired) electrons. The minimum atomic E-state index is -0.0515. The molecule has 2 nitrogen and oxygen atoms in total. The van der Waals surface area contributed by atoms with E-state index >= 15 is 0 Å². The fraction of sp³-hybridized carbons (Fsp3) is 0.214. The van der Waals surface area contributed by atoms with Gasteiger partial charge < -0.3 is 4.90 Å². The number of benzene rings is 1. The summed E-state index contributed by atoms with van der Waals surface area (Å²) in [4.78, 5) is 15.7. The molecule has 19 heavy (non-hydrogen) atoms. The third-order valence-corrected chi connectivity index (χ3v) is 5.12. The Kier molecular flexibility index (Phi) is 3.52. The minimum Gasteiger partial charge on any atom is -0.334 e. The number of carbonyl (C=O) groups is 1. The fourth-order valence-corrected chi connectivity index (χ4v) is 3.53. The number of thiophene rings is 1. The molecule has 0 saturated carbocycles. The van der Waals surface area contributed by atoms with Crippen LogP contribution in [0.3, 0.4) is 0 Å². The van der Waals surface area contributed by atoms with Crippen molar-refractivity contribution in [1.29, 1.82) is 0 Å². The largest absolute Gasteiger partial charge is 0.334 e. The van der Waals surface area contributed by atoms with E-state index in [1.807, 2.05) is 4.90 Å². The summed E-state index contributed by atoms with van der Waals surface area (Å²) in [5, 5.41) is 2.83. The second-order valence-corrected chi connectivity index (χ2v) is 6.23. The molecule has 3 rings (SSSR count). The van der Waals surface area contributed by atoms with E-state index in [9.17, 15) is 4.79 Å². The highest BCUT2D eigenvalue weighted by Crippen LogP contribution is 2.29. The van der Waals surface area contributed by atoms with E-state index in [4.69, 9.17) is 23.2 Å². The first-order valence-electron chi connectivity index (χ1n) is 5.95. The van der Waals surface area contributed by atoms with Crippen LogP contribution in [0.2, 0.25) is 10.0 Å². The smallest absolute Gasteiger partial charge is 0.255 e. The highest BCUT2D eigenvalue weighted by Gasteiger charge is 2.24. The third kappa shape index (κ3) is 2.38. The van der Waals surface area contributed by atoms with Gasteiger partial charge in [0.2, 0.25) is 0 Å². The molecule has 1 aromatic carbocycles. The average molecular weight is 312 g/mol. The second-order valence-electron chi connectivity index (χ2n) is 4.45. The fourth-order valence-electron chi connectivity index (χ4n) is 2.26. The molecule has 5 heteroatoms. The van der Waals surface area contributed by atoms with Gasteiger partial charge in [0.25, 0.3) is 5.91 Å². The number of fused-ring (bicyclic) bond motifs is 1. The highest BCUT2D eigenvalue weighted by atomic mass is 35.5. The lowest BCUT2D eigenvalue weighted by atomic mass is 10.1. The zero-order chi connectivity index (χ0) is 13.4. The lowest BCUT2D eigenvalue weighted by molar-refractivity contribution is 0.0736. The Morgan fingerprint density at radius 1 is 1.26 bits per heavy atom. The van der Waals surface area contributed by atoms with Gasteiger partial charge in [-0.25, -0.2) is 0 Å². The molecule has 0 N–H and O–H groups in total. The number of amides is 1. The first-order chi connectivity index (χ1) is 9.16. The van der Waals surface area contributed by atoms with E-state index in [0.717, 1.165) is 13.0 Å². The summed E-state index contributed by atoms with van der Waals surface area (Å²) in [6.45, 7) is 1.38. The number of hydrogen-bond acceptors (Lipinski definition) is 2. The van der Waals surface area contributed by atoms with Gasteiger partial charge in [-0.15, -0.1) is 11.3 Å². The van der Waals surface area contributed by atoms with Crippen molar-refractivity contribution in [1.82, 2.24) is 4.90 Å². The van der Waals surface area contributed by atoms with E-state index in [1.54, 1.807) is 29.5 Å². The van der Waals surface area contributed by atoms with Crippen molar-refractivity contribution in [3.63, 3.8) is 0 Å². The maximum atomic E-state index is 12.5. The Morgan fingerprint density at radius 2 is 2.11 bits per heavy atom. The first-order valence-corrected chi connectivity index (χ1v) is 7.59. The SMILES string of the molecule is O=C(c1cccc(Cl)c1Cl)N1CCc2sccc2C1. The second kappa shape index (κ2) is 5.16. The van der Waals surface area contributed by atoms with Gasteiger partial charge in [0, 0.05) is 18.0 Å². The molecular formula is C14H11Cl2NOS. The van der Waals surface area contributed by atoms with Crippen molar-refractivity contribution in [3.8, 4) is 0 Å². The molecule has 98 valence electrons. The third-order valence-electron chi connectivity index (χ3n) is 3.28. The van der Waals surface area contributed by atoms with E-state index in [1.165, 1.54) is 10.4 Å². The molecule has 0 unspecified atom stereocenters. The molecule has 2 aromatic rings. The molecule has 0 atom stereocenters. The van der Waals surface area contributed by atoms with Crippen LogP contribution >= 0.6 is 34.5 Å². The summed E-state index contributed by atoms with van der Waals surface area (Å²) >= 11 is 13.8. The molecule has 0 aliphatic carbocycles. The van der Waals surface area contributed by atoms with Gasteiger partial charge in [0.15, 0.2) is 0 Å². The maximum absolute atomic E-state index is 12.5. The van der Waals surface area contributed by atoms with Crippen LogP contribution in [0.1, 0.15) is 20.8 Å². The zero-order valence-corrected chi connectivity index (χ0v) is 12.4. The molecule has 1 aliphatic heterocycles. The predicted molar refractivity (Wildman–Crippen MR) is 79.2 cm³/mol. The topological polar surface area (TPSA) is 20.3 Å². The highest BCUT2D eigenvalue weighted by molar-refractivity contribution is 7.10.